The average Bonchev–Trinajstić information content (AvgIpc) is 3.32. The predicted molar refractivity (Wildman–Crippen MR) is 109 cm³/mol. The summed E-state index contributed by atoms with van der Waals surface area (Å²) in [5.41, 5.74) is 0.510. The van der Waals surface area contributed by atoms with Gasteiger partial charge < -0.3 is 14.2 Å². The Kier molecular flexibility index (Phi) is 6.29. The number of carbonyl (C=O) groups excluding carboxylic acids is 1. The summed E-state index contributed by atoms with van der Waals surface area (Å²) >= 11 is 8.19. The molecule has 0 aliphatic heterocycles. The molecule has 1 amide bonds. The fraction of sp³-hybridized carbons (Fsp3) is 0.0588. The minimum Gasteiger partial charge on any atom is -0.468 e. The zero-order valence-electron chi connectivity index (χ0n) is 14.1. The largest absolute Gasteiger partial charge is 0.468 e. The normalized spacial score (nSPS) is 11.2. The van der Waals surface area contributed by atoms with E-state index in [1.54, 1.807) is 18.2 Å². The van der Waals surface area contributed by atoms with Crippen molar-refractivity contribution in [1.29, 1.82) is 0 Å². The Morgan fingerprint density at radius 3 is 2.46 bits per heavy atom. The van der Waals surface area contributed by atoms with Crippen molar-refractivity contribution in [3.05, 3.63) is 71.0 Å². The van der Waals surface area contributed by atoms with Crippen LogP contribution >= 0.6 is 28.1 Å². The van der Waals surface area contributed by atoms with Gasteiger partial charge in [0.25, 0.3) is 5.91 Å². The summed E-state index contributed by atoms with van der Waals surface area (Å²) in [6.07, 6.45) is 1.47. The summed E-state index contributed by atoms with van der Waals surface area (Å²) in [5.74, 6) is 0.0937. The summed E-state index contributed by atoms with van der Waals surface area (Å²) in [7, 11) is -3.69. The number of thiocarbonyl (C=S) groups is 1. The fourth-order valence-corrected chi connectivity index (χ4v) is 3.65. The molecule has 3 rings (SSSR count). The molecule has 0 bridgehead atoms. The third-order valence-electron chi connectivity index (χ3n) is 3.46. The summed E-state index contributed by atoms with van der Waals surface area (Å²) < 4.78 is 37.7. The minimum atomic E-state index is -3.69. The van der Waals surface area contributed by atoms with Gasteiger partial charge in [-0.25, -0.2) is 13.1 Å². The third-order valence-corrected chi connectivity index (χ3v) is 5.51. The van der Waals surface area contributed by atoms with Gasteiger partial charge in [-0.15, -0.1) is 0 Å². The van der Waals surface area contributed by atoms with Crippen LogP contribution in [0.5, 0.6) is 0 Å². The van der Waals surface area contributed by atoms with Crippen molar-refractivity contribution in [2.45, 2.75) is 11.4 Å². The van der Waals surface area contributed by atoms with E-state index >= 15 is 0 Å². The second kappa shape index (κ2) is 8.69. The van der Waals surface area contributed by atoms with Crippen LogP contribution in [0.1, 0.15) is 16.3 Å². The standard InChI is InChI=1S/C17H14BrN3O5S2/c18-15-8-7-14(26-15)16(22)21-17(27)20-11-3-5-13(6-4-11)28(23,24)19-10-12-2-1-9-25-12/h1-9,19H,10H2,(H2,20,21,22,27). The molecule has 8 nitrogen and oxygen atoms in total. The summed E-state index contributed by atoms with van der Waals surface area (Å²) in [4.78, 5) is 12.0. The van der Waals surface area contributed by atoms with Crippen LogP contribution in [-0.4, -0.2) is 19.4 Å². The number of rotatable bonds is 6. The topological polar surface area (TPSA) is 114 Å². The molecule has 0 aliphatic carbocycles. The molecule has 146 valence electrons. The van der Waals surface area contributed by atoms with Gasteiger partial charge in [-0.05, 0) is 76.7 Å². The van der Waals surface area contributed by atoms with Crippen molar-refractivity contribution < 1.29 is 22.0 Å². The van der Waals surface area contributed by atoms with Gasteiger partial charge in [-0.3, -0.25) is 10.1 Å². The molecule has 0 atom stereocenters. The highest BCUT2D eigenvalue weighted by Gasteiger charge is 2.15. The lowest BCUT2D eigenvalue weighted by Gasteiger charge is -2.10. The van der Waals surface area contributed by atoms with Crippen LogP contribution in [0.4, 0.5) is 5.69 Å². The number of anilines is 1. The van der Waals surface area contributed by atoms with Crippen molar-refractivity contribution in [3.8, 4) is 0 Å². The molecule has 0 fully saturated rings. The van der Waals surface area contributed by atoms with E-state index < -0.39 is 15.9 Å². The Bertz CT molecular complexity index is 1080. The SMILES string of the molecule is O=C(NC(=S)Nc1ccc(S(=O)(=O)NCc2ccco2)cc1)c1ccc(Br)o1. The Morgan fingerprint density at radius 1 is 1.11 bits per heavy atom. The maximum Gasteiger partial charge on any atom is 0.293 e. The van der Waals surface area contributed by atoms with Gasteiger partial charge in [0.2, 0.25) is 10.0 Å². The molecule has 11 heteroatoms. The van der Waals surface area contributed by atoms with Crippen molar-refractivity contribution in [2.24, 2.45) is 0 Å². The lowest BCUT2D eigenvalue weighted by molar-refractivity contribution is 0.0949. The number of sulfonamides is 1. The molecule has 0 saturated heterocycles. The number of halogens is 1. The molecule has 0 unspecified atom stereocenters. The zero-order chi connectivity index (χ0) is 20.1. The molecule has 2 heterocycles. The molecule has 1 aromatic carbocycles. The Balaban J connectivity index is 1.57. The average molecular weight is 484 g/mol. The first-order valence-corrected chi connectivity index (χ1v) is 10.5. The van der Waals surface area contributed by atoms with E-state index in [2.05, 4.69) is 31.3 Å². The highest BCUT2D eigenvalue weighted by atomic mass is 79.9. The van der Waals surface area contributed by atoms with Gasteiger partial charge in [0.05, 0.1) is 17.7 Å². The molecule has 0 radical (unpaired) electrons. The van der Waals surface area contributed by atoms with Crippen molar-refractivity contribution in [3.63, 3.8) is 0 Å². The molecule has 2 aromatic heterocycles. The van der Waals surface area contributed by atoms with E-state index in [1.807, 2.05) is 0 Å². The highest BCUT2D eigenvalue weighted by molar-refractivity contribution is 9.10. The quantitative estimate of drug-likeness (QED) is 0.461. The molecule has 0 spiro atoms. The van der Waals surface area contributed by atoms with Crippen molar-refractivity contribution in [1.82, 2.24) is 10.0 Å². The molecule has 3 aromatic rings. The van der Waals surface area contributed by atoms with Gasteiger partial charge >= 0.3 is 0 Å². The van der Waals surface area contributed by atoms with Gasteiger partial charge in [-0.2, -0.15) is 0 Å². The number of carbonyl (C=O) groups is 1. The number of amides is 1. The summed E-state index contributed by atoms with van der Waals surface area (Å²) in [6, 6.07) is 12.3. The van der Waals surface area contributed by atoms with E-state index in [4.69, 9.17) is 21.1 Å². The first-order valence-electron chi connectivity index (χ1n) is 7.83. The summed E-state index contributed by atoms with van der Waals surface area (Å²) in [5, 5.41) is 5.31. The minimum absolute atomic E-state index is 0.0454. The van der Waals surface area contributed by atoms with Crippen LogP contribution in [0.25, 0.3) is 0 Å². The number of furan rings is 2. The lowest BCUT2D eigenvalue weighted by atomic mass is 10.3. The third kappa shape index (κ3) is 5.29. The molecule has 3 N–H and O–H groups in total. The van der Waals surface area contributed by atoms with Crippen LogP contribution in [0, 0.1) is 0 Å². The van der Waals surface area contributed by atoms with Crippen LogP contribution in [0.2, 0.25) is 0 Å². The lowest BCUT2D eigenvalue weighted by Crippen LogP contribution is -2.33. The van der Waals surface area contributed by atoms with Crippen molar-refractivity contribution >= 4 is 54.9 Å². The maximum atomic E-state index is 12.3. The van der Waals surface area contributed by atoms with Crippen molar-refractivity contribution in [2.75, 3.05) is 5.32 Å². The van der Waals surface area contributed by atoms with Crippen LogP contribution < -0.4 is 15.4 Å². The number of benzene rings is 1. The van der Waals surface area contributed by atoms with Crippen LogP contribution in [-0.2, 0) is 16.6 Å². The van der Waals surface area contributed by atoms with Gasteiger partial charge in [0, 0.05) is 5.69 Å². The molecule has 0 saturated carbocycles. The zero-order valence-corrected chi connectivity index (χ0v) is 17.4. The maximum absolute atomic E-state index is 12.3. The smallest absolute Gasteiger partial charge is 0.293 e. The van der Waals surface area contributed by atoms with E-state index in [0.29, 0.717) is 16.1 Å². The molecule has 0 aliphatic rings. The van der Waals surface area contributed by atoms with E-state index in [0.717, 1.165) is 0 Å². The number of hydrogen-bond donors (Lipinski definition) is 3. The molecular formula is C17H14BrN3O5S2. The Labute approximate surface area is 174 Å². The van der Waals surface area contributed by atoms with E-state index in [1.165, 1.54) is 36.6 Å². The Morgan fingerprint density at radius 2 is 1.86 bits per heavy atom. The van der Waals surface area contributed by atoms with Gasteiger partial charge in [-0.1, -0.05) is 0 Å². The van der Waals surface area contributed by atoms with Gasteiger partial charge in [0.15, 0.2) is 15.5 Å². The second-order valence-electron chi connectivity index (χ2n) is 5.44. The Hall–Kier alpha value is -2.47. The molecular weight excluding hydrogens is 470 g/mol. The number of nitrogens with one attached hydrogen (secondary N) is 3. The summed E-state index contributed by atoms with van der Waals surface area (Å²) in [6.45, 7) is 0.0499. The fourth-order valence-electron chi connectivity index (χ4n) is 2.14. The predicted octanol–water partition coefficient (Wildman–Crippen LogP) is 3.24. The molecule has 28 heavy (non-hydrogen) atoms. The van der Waals surface area contributed by atoms with Crippen LogP contribution in [0.15, 0.2) is 73.2 Å². The van der Waals surface area contributed by atoms with E-state index in [-0.39, 0.29) is 22.3 Å². The number of hydrogen-bond acceptors (Lipinski definition) is 6. The van der Waals surface area contributed by atoms with E-state index in [9.17, 15) is 13.2 Å². The first kappa shape index (κ1) is 20.3. The highest BCUT2D eigenvalue weighted by Crippen LogP contribution is 2.16. The first-order chi connectivity index (χ1) is 13.3. The van der Waals surface area contributed by atoms with Gasteiger partial charge in [0.1, 0.15) is 5.76 Å². The second-order valence-corrected chi connectivity index (χ2v) is 8.40. The van der Waals surface area contributed by atoms with Crippen LogP contribution in [0.3, 0.4) is 0 Å². The monoisotopic (exact) mass is 483 g/mol.